The molecule has 2 atom stereocenters. The predicted octanol–water partition coefficient (Wildman–Crippen LogP) is 2.26. The van der Waals surface area contributed by atoms with Crippen molar-refractivity contribution in [3.05, 3.63) is 12.2 Å². The van der Waals surface area contributed by atoms with E-state index in [1.54, 1.807) is 27.7 Å². The summed E-state index contributed by atoms with van der Waals surface area (Å²) in [7, 11) is 0. The van der Waals surface area contributed by atoms with Crippen LogP contribution in [0.3, 0.4) is 0 Å². The molecule has 0 aliphatic rings. The zero-order chi connectivity index (χ0) is 12.9. The highest BCUT2D eigenvalue weighted by Gasteiger charge is 2.22. The van der Waals surface area contributed by atoms with Gasteiger partial charge in [0.25, 0.3) is 0 Å². The number of aliphatic carboxylic acids is 2. The van der Waals surface area contributed by atoms with Gasteiger partial charge in [-0.25, -0.2) is 0 Å². The minimum absolute atomic E-state index is 0.0460. The molecule has 0 aromatic carbocycles. The maximum atomic E-state index is 10.9. The average Bonchev–Trinajstić information content (AvgIpc) is 2.09. The summed E-state index contributed by atoms with van der Waals surface area (Å²) in [6, 6.07) is 0. The van der Waals surface area contributed by atoms with Crippen LogP contribution in [0, 0.1) is 23.7 Å². The lowest BCUT2D eigenvalue weighted by molar-refractivity contribution is -0.143. The number of rotatable bonds is 6. The molecular formula is C12H20O4. The standard InChI is InChI=1S/C12H20O4/c1-7(2)9(11(13)14)5-6-10(8(3)4)12(15)16/h5-10H,1-4H3,(H,13,14)(H,15,16). The molecule has 16 heavy (non-hydrogen) atoms. The Morgan fingerprint density at radius 2 is 1.06 bits per heavy atom. The molecule has 0 radical (unpaired) electrons. The third-order valence-electron chi connectivity index (χ3n) is 2.53. The van der Waals surface area contributed by atoms with Crippen molar-refractivity contribution in [2.45, 2.75) is 27.7 Å². The summed E-state index contributed by atoms with van der Waals surface area (Å²) in [5.74, 6) is -3.18. The van der Waals surface area contributed by atoms with Gasteiger partial charge in [0.05, 0.1) is 11.8 Å². The molecule has 0 aromatic rings. The summed E-state index contributed by atoms with van der Waals surface area (Å²) in [5.41, 5.74) is 0. The van der Waals surface area contributed by atoms with E-state index in [4.69, 9.17) is 10.2 Å². The fraction of sp³-hybridized carbons (Fsp3) is 0.667. The first-order chi connectivity index (χ1) is 7.27. The SMILES string of the molecule is CC(C)C(C=CC(C(=O)O)C(C)C)C(=O)O. The quantitative estimate of drug-likeness (QED) is 0.684. The number of carboxylic acids is 2. The van der Waals surface area contributed by atoms with Crippen LogP contribution >= 0.6 is 0 Å². The fourth-order valence-corrected chi connectivity index (χ4v) is 1.42. The van der Waals surface area contributed by atoms with Crippen LogP contribution in [0.25, 0.3) is 0 Å². The van der Waals surface area contributed by atoms with E-state index < -0.39 is 23.8 Å². The zero-order valence-electron chi connectivity index (χ0n) is 10.2. The largest absolute Gasteiger partial charge is 0.481 e. The number of carboxylic acid groups (broad SMARTS) is 2. The Morgan fingerprint density at radius 3 is 1.19 bits per heavy atom. The van der Waals surface area contributed by atoms with Gasteiger partial charge in [0.15, 0.2) is 0 Å². The highest BCUT2D eigenvalue weighted by molar-refractivity contribution is 5.74. The molecular weight excluding hydrogens is 208 g/mol. The molecule has 0 spiro atoms. The molecule has 0 amide bonds. The van der Waals surface area contributed by atoms with E-state index >= 15 is 0 Å². The van der Waals surface area contributed by atoms with Crippen molar-refractivity contribution in [3.63, 3.8) is 0 Å². The van der Waals surface area contributed by atoms with E-state index in [9.17, 15) is 9.59 Å². The third-order valence-corrected chi connectivity index (χ3v) is 2.53. The highest BCUT2D eigenvalue weighted by atomic mass is 16.4. The van der Waals surface area contributed by atoms with Gasteiger partial charge in [-0.1, -0.05) is 39.8 Å². The first kappa shape index (κ1) is 14.7. The molecule has 4 heteroatoms. The molecule has 92 valence electrons. The highest BCUT2D eigenvalue weighted by Crippen LogP contribution is 2.18. The van der Waals surface area contributed by atoms with E-state index in [2.05, 4.69) is 0 Å². The van der Waals surface area contributed by atoms with Gasteiger partial charge >= 0.3 is 11.9 Å². The molecule has 0 heterocycles. The van der Waals surface area contributed by atoms with Crippen molar-refractivity contribution >= 4 is 11.9 Å². The molecule has 0 fully saturated rings. The van der Waals surface area contributed by atoms with Gasteiger partial charge in [-0.15, -0.1) is 0 Å². The van der Waals surface area contributed by atoms with Crippen LogP contribution in [0.5, 0.6) is 0 Å². The van der Waals surface area contributed by atoms with Gasteiger partial charge in [-0.3, -0.25) is 9.59 Å². The molecule has 2 N–H and O–H groups in total. The molecule has 0 bridgehead atoms. The minimum atomic E-state index is -0.917. The van der Waals surface area contributed by atoms with Crippen LogP contribution in [0.2, 0.25) is 0 Å². The third kappa shape index (κ3) is 4.47. The molecule has 0 aliphatic carbocycles. The first-order valence-corrected chi connectivity index (χ1v) is 5.41. The Bertz CT molecular complexity index is 251. The summed E-state index contributed by atoms with van der Waals surface area (Å²) < 4.78 is 0. The van der Waals surface area contributed by atoms with Gasteiger partial charge in [0, 0.05) is 0 Å². The van der Waals surface area contributed by atoms with Crippen molar-refractivity contribution in [1.82, 2.24) is 0 Å². The maximum absolute atomic E-state index is 10.9. The van der Waals surface area contributed by atoms with Gasteiger partial charge < -0.3 is 10.2 Å². The van der Waals surface area contributed by atoms with E-state index in [0.29, 0.717) is 0 Å². The monoisotopic (exact) mass is 228 g/mol. The normalized spacial score (nSPS) is 15.6. The Kier molecular flexibility index (Phi) is 5.78. The second-order valence-corrected chi connectivity index (χ2v) is 4.60. The zero-order valence-corrected chi connectivity index (χ0v) is 10.2. The summed E-state index contributed by atoms with van der Waals surface area (Å²) in [6.07, 6.45) is 2.98. The van der Waals surface area contributed by atoms with Gasteiger partial charge in [-0.05, 0) is 11.8 Å². The smallest absolute Gasteiger partial charge is 0.310 e. The second-order valence-electron chi connectivity index (χ2n) is 4.60. The van der Waals surface area contributed by atoms with Gasteiger partial charge in [0.1, 0.15) is 0 Å². The Balaban J connectivity index is 4.76. The first-order valence-electron chi connectivity index (χ1n) is 5.41. The number of carbonyl (C=O) groups is 2. The van der Waals surface area contributed by atoms with E-state index in [0.717, 1.165) is 0 Å². The lowest BCUT2D eigenvalue weighted by Gasteiger charge is -2.15. The van der Waals surface area contributed by atoms with Crippen molar-refractivity contribution in [1.29, 1.82) is 0 Å². The lowest BCUT2D eigenvalue weighted by atomic mass is 9.90. The number of hydrogen-bond acceptors (Lipinski definition) is 2. The molecule has 0 aliphatic heterocycles. The van der Waals surface area contributed by atoms with Crippen molar-refractivity contribution in [2.24, 2.45) is 23.7 Å². The maximum Gasteiger partial charge on any atom is 0.310 e. The van der Waals surface area contributed by atoms with E-state index in [-0.39, 0.29) is 11.8 Å². The van der Waals surface area contributed by atoms with Crippen LogP contribution in [0.1, 0.15) is 27.7 Å². The summed E-state index contributed by atoms with van der Waals surface area (Å²) in [6.45, 7) is 7.20. The van der Waals surface area contributed by atoms with Gasteiger partial charge in [-0.2, -0.15) is 0 Å². The van der Waals surface area contributed by atoms with E-state index in [1.807, 2.05) is 0 Å². The van der Waals surface area contributed by atoms with Crippen LogP contribution in [0.4, 0.5) is 0 Å². The predicted molar refractivity (Wildman–Crippen MR) is 61.1 cm³/mol. The Morgan fingerprint density at radius 1 is 0.812 bits per heavy atom. The molecule has 0 rings (SSSR count). The van der Waals surface area contributed by atoms with Crippen LogP contribution in [-0.4, -0.2) is 22.2 Å². The molecule has 0 aromatic heterocycles. The molecule has 0 saturated carbocycles. The average molecular weight is 228 g/mol. The van der Waals surface area contributed by atoms with Crippen LogP contribution < -0.4 is 0 Å². The Labute approximate surface area is 96.0 Å². The molecule has 0 saturated heterocycles. The lowest BCUT2D eigenvalue weighted by Crippen LogP contribution is -2.20. The van der Waals surface area contributed by atoms with Gasteiger partial charge in [0.2, 0.25) is 0 Å². The van der Waals surface area contributed by atoms with Crippen LogP contribution in [0.15, 0.2) is 12.2 Å². The molecule has 2 unspecified atom stereocenters. The van der Waals surface area contributed by atoms with Crippen LogP contribution in [-0.2, 0) is 9.59 Å². The van der Waals surface area contributed by atoms with Crippen molar-refractivity contribution in [3.8, 4) is 0 Å². The fourth-order valence-electron chi connectivity index (χ4n) is 1.42. The number of hydrogen-bond donors (Lipinski definition) is 2. The Hall–Kier alpha value is -1.32. The second kappa shape index (κ2) is 6.30. The van der Waals surface area contributed by atoms with E-state index in [1.165, 1.54) is 12.2 Å². The summed E-state index contributed by atoms with van der Waals surface area (Å²) >= 11 is 0. The summed E-state index contributed by atoms with van der Waals surface area (Å²) in [4.78, 5) is 21.8. The topological polar surface area (TPSA) is 74.6 Å². The van der Waals surface area contributed by atoms with Crippen molar-refractivity contribution < 1.29 is 19.8 Å². The van der Waals surface area contributed by atoms with Crippen molar-refractivity contribution in [2.75, 3.05) is 0 Å². The minimum Gasteiger partial charge on any atom is -0.481 e. The summed E-state index contributed by atoms with van der Waals surface area (Å²) in [5, 5.41) is 17.9. The molecule has 4 nitrogen and oxygen atoms in total.